The van der Waals surface area contributed by atoms with Crippen molar-refractivity contribution >= 4 is 21.6 Å². The van der Waals surface area contributed by atoms with Crippen LogP contribution < -0.4 is 10.0 Å². The smallest absolute Gasteiger partial charge is 0.240 e. The number of benzene rings is 2. The summed E-state index contributed by atoms with van der Waals surface area (Å²) in [6.45, 7) is 6.35. The van der Waals surface area contributed by atoms with Gasteiger partial charge < -0.3 is 5.32 Å². The van der Waals surface area contributed by atoms with Gasteiger partial charge in [-0.2, -0.15) is 0 Å². The molecular formula is C21H29ClN2O2S. The molecule has 27 heavy (non-hydrogen) atoms. The molecule has 2 aromatic carbocycles. The van der Waals surface area contributed by atoms with Gasteiger partial charge in [-0.25, -0.2) is 13.1 Å². The highest BCUT2D eigenvalue weighted by molar-refractivity contribution is 7.89. The number of alkyl halides is 1. The van der Waals surface area contributed by atoms with Gasteiger partial charge in [0.2, 0.25) is 10.0 Å². The van der Waals surface area contributed by atoms with E-state index in [1.807, 2.05) is 44.2 Å². The van der Waals surface area contributed by atoms with Crippen LogP contribution in [0.15, 0.2) is 59.5 Å². The summed E-state index contributed by atoms with van der Waals surface area (Å²) in [5.41, 5.74) is 1.86. The normalized spacial score (nSPS) is 13.5. The molecule has 0 spiro atoms. The van der Waals surface area contributed by atoms with Crippen LogP contribution in [0.1, 0.15) is 44.4 Å². The van der Waals surface area contributed by atoms with Crippen molar-refractivity contribution in [3.05, 3.63) is 65.7 Å². The number of hydrogen-bond acceptors (Lipinski definition) is 3. The van der Waals surface area contributed by atoms with Crippen molar-refractivity contribution in [1.29, 1.82) is 0 Å². The molecule has 0 aromatic heterocycles. The third kappa shape index (κ3) is 6.92. The molecule has 6 heteroatoms. The molecule has 0 amide bonds. The fraction of sp³-hybridized carbons (Fsp3) is 0.429. The lowest BCUT2D eigenvalue weighted by atomic mass is 10.0. The van der Waals surface area contributed by atoms with E-state index in [9.17, 15) is 8.42 Å². The minimum Gasteiger partial charge on any atom is -0.304 e. The maximum Gasteiger partial charge on any atom is 0.240 e. The number of aryl methyl sites for hydroxylation is 1. The van der Waals surface area contributed by atoms with Gasteiger partial charge in [-0.05, 0) is 56.9 Å². The minimum absolute atomic E-state index is 0.118. The maximum absolute atomic E-state index is 12.6. The summed E-state index contributed by atoms with van der Waals surface area (Å²) in [5.74, 6) is 0.602. The number of nitrogens with one attached hydrogen (secondary N) is 2. The van der Waals surface area contributed by atoms with Crippen LogP contribution in [0.5, 0.6) is 0 Å². The average molecular weight is 409 g/mol. The molecule has 148 valence electrons. The van der Waals surface area contributed by atoms with Gasteiger partial charge in [-0.1, -0.05) is 42.5 Å². The van der Waals surface area contributed by atoms with Crippen LogP contribution in [0.25, 0.3) is 0 Å². The summed E-state index contributed by atoms with van der Waals surface area (Å²) in [6.07, 6.45) is 1.73. The van der Waals surface area contributed by atoms with E-state index >= 15 is 0 Å². The molecule has 2 aromatic rings. The van der Waals surface area contributed by atoms with Crippen molar-refractivity contribution in [3.63, 3.8) is 0 Å². The topological polar surface area (TPSA) is 58.2 Å². The van der Waals surface area contributed by atoms with Crippen molar-refractivity contribution in [2.75, 3.05) is 12.4 Å². The lowest BCUT2D eigenvalue weighted by molar-refractivity contribution is 0.346. The van der Waals surface area contributed by atoms with Crippen LogP contribution in [0, 0.1) is 0 Å². The van der Waals surface area contributed by atoms with Gasteiger partial charge in [-0.15, -0.1) is 11.6 Å². The molecule has 0 saturated heterocycles. The zero-order valence-corrected chi connectivity index (χ0v) is 17.8. The Kier molecular flexibility index (Phi) is 7.86. The largest absolute Gasteiger partial charge is 0.304 e. The van der Waals surface area contributed by atoms with Gasteiger partial charge in [0.25, 0.3) is 0 Å². The molecule has 0 aliphatic carbocycles. The Bertz CT molecular complexity index is 806. The lowest BCUT2D eigenvalue weighted by Gasteiger charge is -2.30. The molecule has 1 unspecified atom stereocenters. The molecular weight excluding hydrogens is 380 g/mol. The molecule has 0 radical (unpaired) electrons. The van der Waals surface area contributed by atoms with Crippen LogP contribution in [-0.2, 0) is 16.4 Å². The summed E-state index contributed by atoms with van der Waals surface area (Å²) in [7, 11) is -3.55. The van der Waals surface area contributed by atoms with Crippen molar-refractivity contribution in [1.82, 2.24) is 10.0 Å². The van der Waals surface area contributed by atoms with Crippen LogP contribution in [0.4, 0.5) is 0 Å². The standard InChI is InChI=1S/C21H29ClN2O2S/c1-17(19-9-5-4-6-10-19)24-21(2,3)16-23-27(25,26)20-13-11-18(12-14-20)8-7-15-22/h4-6,9-14,17,23-24H,7-8,15-16H2,1-3H3. The van der Waals surface area contributed by atoms with E-state index in [2.05, 4.69) is 29.1 Å². The van der Waals surface area contributed by atoms with E-state index in [4.69, 9.17) is 11.6 Å². The summed E-state index contributed by atoms with van der Waals surface area (Å²) in [6, 6.07) is 17.2. The zero-order valence-electron chi connectivity index (χ0n) is 16.2. The predicted octanol–water partition coefficient (Wildman–Crippen LogP) is 4.27. The number of hydrogen-bond donors (Lipinski definition) is 2. The number of rotatable bonds is 10. The first kappa shape index (κ1) is 21.9. The lowest BCUT2D eigenvalue weighted by Crippen LogP contribution is -2.49. The third-order valence-corrected chi connectivity index (χ3v) is 6.13. The van der Waals surface area contributed by atoms with E-state index in [1.54, 1.807) is 12.1 Å². The average Bonchev–Trinajstić information content (AvgIpc) is 2.66. The summed E-state index contributed by atoms with van der Waals surface area (Å²) < 4.78 is 27.9. The van der Waals surface area contributed by atoms with Gasteiger partial charge in [0.05, 0.1) is 4.90 Å². The van der Waals surface area contributed by atoms with Crippen molar-refractivity contribution in [2.24, 2.45) is 0 Å². The quantitative estimate of drug-likeness (QED) is 0.577. The fourth-order valence-electron chi connectivity index (χ4n) is 2.93. The van der Waals surface area contributed by atoms with Crippen LogP contribution in [-0.4, -0.2) is 26.4 Å². The number of sulfonamides is 1. The van der Waals surface area contributed by atoms with E-state index in [0.29, 0.717) is 12.4 Å². The Balaban J connectivity index is 1.96. The highest BCUT2D eigenvalue weighted by Gasteiger charge is 2.24. The summed E-state index contributed by atoms with van der Waals surface area (Å²) in [4.78, 5) is 0.282. The van der Waals surface area contributed by atoms with E-state index < -0.39 is 15.6 Å². The molecule has 2 rings (SSSR count). The first-order valence-corrected chi connectivity index (χ1v) is 11.2. The molecule has 1 atom stereocenters. The van der Waals surface area contributed by atoms with Gasteiger partial charge >= 0.3 is 0 Å². The molecule has 2 N–H and O–H groups in total. The van der Waals surface area contributed by atoms with E-state index in [-0.39, 0.29) is 10.9 Å². The first-order valence-electron chi connectivity index (χ1n) is 9.21. The van der Waals surface area contributed by atoms with Crippen LogP contribution in [0.2, 0.25) is 0 Å². The Morgan fingerprint density at radius 2 is 1.67 bits per heavy atom. The SMILES string of the molecule is CC(NC(C)(C)CNS(=O)(=O)c1ccc(CCCCl)cc1)c1ccccc1. The molecule has 0 bridgehead atoms. The van der Waals surface area contributed by atoms with Gasteiger partial charge in [0.1, 0.15) is 0 Å². The Labute approximate surface area is 168 Å². The molecule has 0 fully saturated rings. The second kappa shape index (κ2) is 9.69. The molecule has 0 aliphatic rings. The third-order valence-electron chi connectivity index (χ3n) is 4.44. The van der Waals surface area contributed by atoms with E-state index in [1.165, 1.54) is 5.56 Å². The fourth-order valence-corrected chi connectivity index (χ4v) is 4.27. The zero-order chi connectivity index (χ0) is 19.9. The summed E-state index contributed by atoms with van der Waals surface area (Å²) in [5, 5.41) is 3.49. The van der Waals surface area contributed by atoms with Gasteiger partial charge in [0.15, 0.2) is 0 Å². The second-order valence-corrected chi connectivity index (χ2v) is 9.57. The van der Waals surface area contributed by atoms with Gasteiger partial charge in [-0.3, -0.25) is 0 Å². The minimum atomic E-state index is -3.55. The summed E-state index contributed by atoms with van der Waals surface area (Å²) >= 11 is 5.70. The Hall–Kier alpha value is -1.40. The number of halogens is 1. The predicted molar refractivity (Wildman–Crippen MR) is 113 cm³/mol. The maximum atomic E-state index is 12.6. The molecule has 0 saturated carbocycles. The second-order valence-electron chi connectivity index (χ2n) is 7.42. The van der Waals surface area contributed by atoms with E-state index in [0.717, 1.165) is 18.4 Å². The highest BCUT2D eigenvalue weighted by Crippen LogP contribution is 2.17. The molecule has 0 heterocycles. The van der Waals surface area contributed by atoms with Gasteiger partial charge in [0, 0.05) is 24.0 Å². The molecule has 4 nitrogen and oxygen atoms in total. The monoisotopic (exact) mass is 408 g/mol. The Morgan fingerprint density at radius 3 is 2.26 bits per heavy atom. The van der Waals surface area contributed by atoms with Crippen molar-refractivity contribution in [2.45, 2.75) is 50.1 Å². The Morgan fingerprint density at radius 1 is 1.04 bits per heavy atom. The first-order chi connectivity index (χ1) is 12.7. The highest BCUT2D eigenvalue weighted by atomic mass is 35.5. The van der Waals surface area contributed by atoms with Crippen LogP contribution >= 0.6 is 11.6 Å². The van der Waals surface area contributed by atoms with Crippen molar-refractivity contribution < 1.29 is 8.42 Å². The van der Waals surface area contributed by atoms with Crippen molar-refractivity contribution in [3.8, 4) is 0 Å². The van der Waals surface area contributed by atoms with Crippen LogP contribution in [0.3, 0.4) is 0 Å². The molecule has 0 aliphatic heterocycles.